The van der Waals surface area contributed by atoms with Gasteiger partial charge in [-0.05, 0) is 50.4 Å². The maximum Gasteiger partial charge on any atom is 0.136 e. The van der Waals surface area contributed by atoms with E-state index in [-0.39, 0.29) is 5.60 Å². The van der Waals surface area contributed by atoms with Gasteiger partial charge >= 0.3 is 0 Å². The first-order chi connectivity index (χ1) is 10.2. The summed E-state index contributed by atoms with van der Waals surface area (Å²) in [7, 11) is 0. The molecule has 2 heterocycles. The first-order valence-corrected chi connectivity index (χ1v) is 8.97. The highest BCUT2D eigenvalue weighted by Crippen LogP contribution is 2.44. The predicted octanol–water partition coefficient (Wildman–Crippen LogP) is 3.75. The molecular formula is C18H30O3. The minimum Gasteiger partial charge on any atom is -0.381 e. The third-order valence-electron chi connectivity index (χ3n) is 6.00. The molecule has 1 saturated carbocycles. The summed E-state index contributed by atoms with van der Waals surface area (Å²) in [5.41, 5.74) is 0.0269. The highest BCUT2D eigenvalue weighted by atomic mass is 16.5. The zero-order chi connectivity index (χ0) is 14.7. The van der Waals surface area contributed by atoms with E-state index in [1.165, 1.54) is 12.8 Å². The molecule has 3 unspecified atom stereocenters. The van der Waals surface area contributed by atoms with Crippen molar-refractivity contribution in [2.45, 2.75) is 70.3 Å². The summed E-state index contributed by atoms with van der Waals surface area (Å²) >= 11 is 0. The van der Waals surface area contributed by atoms with Crippen LogP contribution in [0.4, 0.5) is 0 Å². The monoisotopic (exact) mass is 294 g/mol. The van der Waals surface area contributed by atoms with Crippen LogP contribution >= 0.6 is 0 Å². The zero-order valence-electron chi connectivity index (χ0n) is 13.4. The predicted molar refractivity (Wildman–Crippen MR) is 82.2 cm³/mol. The van der Waals surface area contributed by atoms with Crippen LogP contribution in [-0.2, 0) is 14.3 Å². The molecule has 21 heavy (non-hydrogen) atoms. The number of ketones is 1. The Morgan fingerprint density at radius 3 is 2.76 bits per heavy atom. The summed E-state index contributed by atoms with van der Waals surface area (Å²) in [6, 6.07) is 0. The molecule has 1 aliphatic carbocycles. The molecule has 0 bridgehead atoms. The Morgan fingerprint density at radius 1 is 1.19 bits per heavy atom. The summed E-state index contributed by atoms with van der Waals surface area (Å²) < 4.78 is 11.6. The van der Waals surface area contributed by atoms with E-state index in [1.54, 1.807) is 0 Å². The molecule has 120 valence electrons. The Hall–Kier alpha value is -0.410. The first-order valence-electron chi connectivity index (χ1n) is 8.97. The molecule has 2 saturated heterocycles. The van der Waals surface area contributed by atoms with Gasteiger partial charge in [0.2, 0.25) is 0 Å². The van der Waals surface area contributed by atoms with Crippen LogP contribution in [0, 0.1) is 17.8 Å². The molecule has 3 aliphatic rings. The number of rotatable bonds is 3. The number of carbonyl (C=O) groups is 1. The Labute approximate surface area is 128 Å². The minimum absolute atomic E-state index is 0.0269. The van der Waals surface area contributed by atoms with E-state index in [4.69, 9.17) is 9.47 Å². The van der Waals surface area contributed by atoms with E-state index in [0.29, 0.717) is 17.6 Å². The summed E-state index contributed by atoms with van der Waals surface area (Å²) in [5.74, 6) is 2.20. The molecule has 2 aliphatic heterocycles. The van der Waals surface area contributed by atoms with Crippen molar-refractivity contribution in [3.8, 4) is 0 Å². The van der Waals surface area contributed by atoms with Gasteiger partial charge in [-0.2, -0.15) is 0 Å². The average molecular weight is 294 g/mol. The molecule has 3 fully saturated rings. The molecule has 3 rings (SSSR count). The number of Topliss-reactive ketones (excluding diaryl/α,β-unsaturated/α-hetero) is 1. The summed E-state index contributed by atoms with van der Waals surface area (Å²) in [4.78, 5) is 12.4. The third kappa shape index (κ3) is 3.50. The van der Waals surface area contributed by atoms with E-state index in [9.17, 15) is 4.79 Å². The van der Waals surface area contributed by atoms with E-state index >= 15 is 0 Å². The van der Waals surface area contributed by atoms with Crippen molar-refractivity contribution in [1.82, 2.24) is 0 Å². The van der Waals surface area contributed by atoms with Crippen LogP contribution in [0.2, 0.25) is 0 Å². The molecular weight excluding hydrogens is 264 g/mol. The van der Waals surface area contributed by atoms with Crippen LogP contribution in [0.1, 0.15) is 64.7 Å². The molecule has 0 amide bonds. The number of ether oxygens (including phenoxy) is 2. The van der Waals surface area contributed by atoms with Crippen LogP contribution in [0.3, 0.4) is 0 Å². The lowest BCUT2D eigenvalue weighted by molar-refractivity contribution is -0.158. The second-order valence-corrected chi connectivity index (χ2v) is 7.40. The van der Waals surface area contributed by atoms with Gasteiger partial charge in [0.1, 0.15) is 5.78 Å². The lowest BCUT2D eigenvalue weighted by Crippen LogP contribution is -2.47. The van der Waals surface area contributed by atoms with Crippen molar-refractivity contribution in [1.29, 1.82) is 0 Å². The smallest absolute Gasteiger partial charge is 0.136 e. The fraction of sp³-hybridized carbons (Fsp3) is 0.944. The Balaban J connectivity index is 1.65. The third-order valence-corrected chi connectivity index (χ3v) is 6.00. The quantitative estimate of drug-likeness (QED) is 0.795. The second-order valence-electron chi connectivity index (χ2n) is 7.40. The van der Waals surface area contributed by atoms with E-state index in [2.05, 4.69) is 6.92 Å². The molecule has 1 spiro atoms. The van der Waals surface area contributed by atoms with Crippen LogP contribution in [0.15, 0.2) is 0 Å². The maximum atomic E-state index is 12.4. The van der Waals surface area contributed by atoms with Gasteiger partial charge in [0.25, 0.3) is 0 Å². The maximum absolute atomic E-state index is 12.4. The largest absolute Gasteiger partial charge is 0.381 e. The topological polar surface area (TPSA) is 35.5 Å². The lowest BCUT2D eigenvalue weighted by atomic mass is 9.67. The molecule has 0 aromatic heterocycles. The fourth-order valence-electron chi connectivity index (χ4n) is 4.77. The SMILES string of the molecule is CCCC1CCC(=O)C(C2CCOC3(CCOCC3)C2)C1. The summed E-state index contributed by atoms with van der Waals surface area (Å²) in [6.45, 7) is 4.75. The number of carbonyl (C=O) groups excluding carboxylic acids is 1. The van der Waals surface area contributed by atoms with Crippen LogP contribution in [0.5, 0.6) is 0 Å². The minimum atomic E-state index is 0.0269. The van der Waals surface area contributed by atoms with Gasteiger partial charge in [0.05, 0.1) is 5.60 Å². The Kier molecular flexibility index (Phi) is 5.00. The van der Waals surface area contributed by atoms with Crippen LogP contribution < -0.4 is 0 Å². The molecule has 0 N–H and O–H groups in total. The van der Waals surface area contributed by atoms with Gasteiger partial charge in [-0.3, -0.25) is 4.79 Å². The van der Waals surface area contributed by atoms with Gasteiger partial charge in [-0.1, -0.05) is 19.8 Å². The van der Waals surface area contributed by atoms with Gasteiger partial charge in [-0.25, -0.2) is 0 Å². The summed E-state index contributed by atoms with van der Waals surface area (Å²) in [6.07, 6.45) is 9.85. The second kappa shape index (κ2) is 6.78. The molecule has 3 atom stereocenters. The van der Waals surface area contributed by atoms with Crippen LogP contribution in [0.25, 0.3) is 0 Å². The highest BCUT2D eigenvalue weighted by molar-refractivity contribution is 5.82. The van der Waals surface area contributed by atoms with Gasteiger partial charge in [0.15, 0.2) is 0 Å². The Morgan fingerprint density at radius 2 is 2.00 bits per heavy atom. The Bertz CT molecular complexity index is 354. The van der Waals surface area contributed by atoms with E-state index < -0.39 is 0 Å². The zero-order valence-corrected chi connectivity index (χ0v) is 13.4. The number of hydrogen-bond donors (Lipinski definition) is 0. The van der Waals surface area contributed by atoms with Crippen molar-refractivity contribution < 1.29 is 14.3 Å². The molecule has 0 radical (unpaired) electrons. The van der Waals surface area contributed by atoms with Crippen LogP contribution in [-0.4, -0.2) is 31.2 Å². The summed E-state index contributed by atoms with van der Waals surface area (Å²) in [5, 5.41) is 0. The van der Waals surface area contributed by atoms with E-state index in [1.807, 2.05) is 0 Å². The van der Waals surface area contributed by atoms with Gasteiger partial charge < -0.3 is 9.47 Å². The fourth-order valence-corrected chi connectivity index (χ4v) is 4.77. The number of hydrogen-bond acceptors (Lipinski definition) is 3. The molecule has 0 aromatic carbocycles. The standard InChI is InChI=1S/C18H30O3/c1-2-3-14-4-5-17(19)16(12-14)15-6-9-21-18(13-15)7-10-20-11-8-18/h14-16H,2-13H2,1H3. The van der Waals surface area contributed by atoms with Crippen molar-refractivity contribution in [3.05, 3.63) is 0 Å². The van der Waals surface area contributed by atoms with Crippen molar-refractivity contribution in [3.63, 3.8) is 0 Å². The van der Waals surface area contributed by atoms with Gasteiger partial charge in [-0.15, -0.1) is 0 Å². The average Bonchev–Trinajstić information content (AvgIpc) is 2.50. The first kappa shape index (κ1) is 15.5. The van der Waals surface area contributed by atoms with Crippen molar-refractivity contribution >= 4 is 5.78 Å². The van der Waals surface area contributed by atoms with Crippen molar-refractivity contribution in [2.75, 3.05) is 19.8 Å². The molecule has 3 heteroatoms. The van der Waals surface area contributed by atoms with E-state index in [0.717, 1.165) is 70.7 Å². The highest BCUT2D eigenvalue weighted by Gasteiger charge is 2.44. The van der Waals surface area contributed by atoms with Crippen molar-refractivity contribution in [2.24, 2.45) is 17.8 Å². The lowest BCUT2D eigenvalue weighted by Gasteiger charge is -2.46. The molecule has 3 nitrogen and oxygen atoms in total. The normalized spacial score (nSPS) is 36.8. The van der Waals surface area contributed by atoms with Gasteiger partial charge in [0, 0.05) is 32.2 Å². The molecule has 0 aromatic rings.